The van der Waals surface area contributed by atoms with Gasteiger partial charge in [0.05, 0.1) is 16.9 Å². The first-order valence-electron chi connectivity index (χ1n) is 11.5. The summed E-state index contributed by atoms with van der Waals surface area (Å²) in [6.07, 6.45) is 3.52. The molecule has 0 atom stereocenters. The third-order valence-corrected chi connectivity index (χ3v) is 7.08. The molecular formula is C26H29FN2O3S. The predicted octanol–water partition coefficient (Wildman–Crippen LogP) is 6.31. The molecule has 33 heavy (non-hydrogen) atoms. The van der Waals surface area contributed by atoms with Crippen molar-refractivity contribution >= 4 is 34.5 Å². The van der Waals surface area contributed by atoms with E-state index in [-0.39, 0.29) is 17.0 Å². The van der Waals surface area contributed by atoms with Gasteiger partial charge in [-0.3, -0.25) is 9.52 Å². The zero-order valence-corrected chi connectivity index (χ0v) is 20.1. The van der Waals surface area contributed by atoms with Gasteiger partial charge in [0.2, 0.25) is 0 Å². The average molecular weight is 469 g/mol. The lowest BCUT2D eigenvalue weighted by molar-refractivity contribution is 0.0959. The summed E-state index contributed by atoms with van der Waals surface area (Å²) in [6.45, 7) is 8.97. The molecule has 0 bridgehead atoms. The Morgan fingerprint density at radius 3 is 2.67 bits per heavy atom. The van der Waals surface area contributed by atoms with Gasteiger partial charge in [-0.05, 0) is 66.3 Å². The number of ether oxygens (including phenoxy) is 1. The molecule has 0 radical (unpaired) electrons. The normalized spacial score (nSPS) is 16.1. The van der Waals surface area contributed by atoms with Crippen molar-refractivity contribution < 1.29 is 18.3 Å². The Bertz CT molecular complexity index is 1190. The number of hydrogen-bond acceptors (Lipinski definition) is 5. The summed E-state index contributed by atoms with van der Waals surface area (Å²) in [5, 5.41) is 0.317. The Balaban J connectivity index is 1.34. The van der Waals surface area contributed by atoms with Gasteiger partial charge in [-0.1, -0.05) is 26.8 Å². The molecule has 2 aliphatic rings. The summed E-state index contributed by atoms with van der Waals surface area (Å²) in [6, 6.07) is 10.9. The van der Waals surface area contributed by atoms with Gasteiger partial charge in [0.1, 0.15) is 17.1 Å². The van der Waals surface area contributed by atoms with Gasteiger partial charge in [-0.2, -0.15) is 0 Å². The molecule has 1 N–H and O–H groups in total. The Kier molecular flexibility index (Phi) is 5.77. The van der Waals surface area contributed by atoms with Crippen LogP contribution >= 0.6 is 11.9 Å². The van der Waals surface area contributed by atoms with Crippen LogP contribution in [0.2, 0.25) is 0 Å². The van der Waals surface area contributed by atoms with Crippen LogP contribution < -0.4 is 14.4 Å². The highest BCUT2D eigenvalue weighted by Crippen LogP contribution is 2.36. The molecule has 174 valence electrons. The number of nitrogens with one attached hydrogen (secondary N) is 1. The van der Waals surface area contributed by atoms with Crippen LogP contribution in [0.3, 0.4) is 0 Å². The SMILES string of the molecule is CC(C)(C)c1ccc(OCC2CC2)c(SNC(=O)c2cc3c(F)cc(N4CCC4)cc3o2)c1. The minimum absolute atomic E-state index is 0.0290. The van der Waals surface area contributed by atoms with E-state index >= 15 is 0 Å². The van der Waals surface area contributed by atoms with Crippen molar-refractivity contribution in [2.75, 3.05) is 24.6 Å². The average Bonchev–Trinajstić information content (AvgIpc) is 3.45. The summed E-state index contributed by atoms with van der Waals surface area (Å²) < 4.78 is 29.2. The van der Waals surface area contributed by atoms with Crippen LogP contribution in [0.25, 0.3) is 11.0 Å². The lowest BCUT2D eigenvalue weighted by Gasteiger charge is -2.33. The summed E-state index contributed by atoms with van der Waals surface area (Å²) in [5.41, 5.74) is 2.30. The van der Waals surface area contributed by atoms with E-state index in [0.29, 0.717) is 23.5 Å². The first-order valence-corrected chi connectivity index (χ1v) is 12.3. The minimum Gasteiger partial charge on any atom is -0.492 e. The zero-order valence-electron chi connectivity index (χ0n) is 19.2. The molecule has 7 heteroatoms. The number of halogens is 1. The smallest absolute Gasteiger partial charge is 0.297 e. The van der Waals surface area contributed by atoms with Gasteiger partial charge in [0.25, 0.3) is 5.91 Å². The molecule has 1 amide bonds. The topological polar surface area (TPSA) is 54.7 Å². The van der Waals surface area contributed by atoms with Crippen LogP contribution in [0, 0.1) is 11.7 Å². The van der Waals surface area contributed by atoms with E-state index in [1.807, 2.05) is 6.07 Å². The van der Waals surface area contributed by atoms with Crippen LogP contribution in [0.4, 0.5) is 10.1 Å². The van der Waals surface area contributed by atoms with Gasteiger partial charge < -0.3 is 14.1 Å². The molecule has 1 aliphatic heterocycles. The highest BCUT2D eigenvalue weighted by Gasteiger charge is 2.24. The molecule has 3 aromatic rings. The van der Waals surface area contributed by atoms with Gasteiger partial charge >= 0.3 is 0 Å². The number of carbonyl (C=O) groups is 1. The van der Waals surface area contributed by atoms with E-state index in [4.69, 9.17) is 9.15 Å². The number of amides is 1. The van der Waals surface area contributed by atoms with Crippen molar-refractivity contribution in [2.45, 2.75) is 50.3 Å². The second kappa shape index (κ2) is 8.60. The van der Waals surface area contributed by atoms with E-state index in [0.717, 1.165) is 41.4 Å². The van der Waals surface area contributed by atoms with E-state index in [9.17, 15) is 9.18 Å². The fourth-order valence-electron chi connectivity index (χ4n) is 3.77. The quantitative estimate of drug-likeness (QED) is 0.412. The van der Waals surface area contributed by atoms with Crippen LogP contribution in [0.15, 0.2) is 45.7 Å². The summed E-state index contributed by atoms with van der Waals surface area (Å²) >= 11 is 1.20. The number of carbonyl (C=O) groups excluding carboxylic acids is 1. The van der Waals surface area contributed by atoms with Crippen molar-refractivity contribution in [3.8, 4) is 5.75 Å². The molecule has 0 spiro atoms. The van der Waals surface area contributed by atoms with E-state index in [2.05, 4.69) is 42.5 Å². The van der Waals surface area contributed by atoms with Crippen LogP contribution in [0.1, 0.15) is 56.2 Å². The molecule has 1 aromatic heterocycles. The van der Waals surface area contributed by atoms with Crippen LogP contribution in [-0.2, 0) is 5.41 Å². The maximum absolute atomic E-state index is 14.6. The molecular weight excluding hydrogens is 439 g/mol. The molecule has 5 rings (SSSR count). The zero-order chi connectivity index (χ0) is 23.2. The number of rotatable bonds is 7. The number of nitrogens with zero attached hydrogens (tertiary/aromatic N) is 1. The number of benzene rings is 2. The van der Waals surface area contributed by atoms with Crippen molar-refractivity contribution in [3.63, 3.8) is 0 Å². The molecule has 2 aromatic carbocycles. The summed E-state index contributed by atoms with van der Waals surface area (Å²) in [5.74, 6) is 0.694. The van der Waals surface area contributed by atoms with Gasteiger partial charge in [-0.25, -0.2) is 4.39 Å². The molecule has 1 saturated heterocycles. The molecule has 1 saturated carbocycles. The lowest BCUT2D eigenvalue weighted by Crippen LogP contribution is -2.36. The number of furan rings is 1. The summed E-state index contributed by atoms with van der Waals surface area (Å²) in [4.78, 5) is 15.8. The fraction of sp³-hybridized carbons (Fsp3) is 0.423. The first-order chi connectivity index (χ1) is 15.8. The van der Waals surface area contributed by atoms with E-state index in [1.165, 1.54) is 36.9 Å². The molecule has 5 nitrogen and oxygen atoms in total. The standard InChI is InChI=1S/C26H29FN2O3S/c1-26(2,3)17-7-8-21(31-15-16-5-6-16)24(11-17)33-28-25(30)23-14-19-20(27)12-18(13-22(19)32-23)29-9-4-10-29/h7-8,11-14,16H,4-6,9-10,15H2,1-3H3,(H,28,30). The van der Waals surface area contributed by atoms with Gasteiger partial charge in [-0.15, -0.1) is 0 Å². The van der Waals surface area contributed by atoms with Gasteiger partial charge in [0.15, 0.2) is 5.76 Å². The Hall–Kier alpha value is -2.67. The maximum Gasteiger partial charge on any atom is 0.297 e. The maximum atomic E-state index is 14.6. The Morgan fingerprint density at radius 2 is 2.00 bits per heavy atom. The van der Waals surface area contributed by atoms with Crippen LogP contribution in [0.5, 0.6) is 5.75 Å². The molecule has 2 heterocycles. The predicted molar refractivity (Wildman–Crippen MR) is 130 cm³/mol. The second-order valence-electron chi connectivity index (χ2n) is 9.99. The fourth-order valence-corrected chi connectivity index (χ4v) is 4.49. The third kappa shape index (κ3) is 4.83. The second-order valence-corrected chi connectivity index (χ2v) is 10.8. The third-order valence-electron chi connectivity index (χ3n) is 6.25. The van der Waals surface area contributed by atoms with Crippen molar-refractivity contribution in [1.29, 1.82) is 0 Å². The Labute approximate surface area is 197 Å². The minimum atomic E-state index is -0.407. The van der Waals surface area contributed by atoms with Crippen molar-refractivity contribution in [3.05, 3.63) is 53.5 Å². The van der Waals surface area contributed by atoms with Crippen molar-refractivity contribution in [1.82, 2.24) is 4.72 Å². The Morgan fingerprint density at radius 1 is 1.21 bits per heavy atom. The van der Waals surface area contributed by atoms with Crippen LogP contribution in [-0.4, -0.2) is 25.6 Å². The molecule has 0 unspecified atom stereocenters. The van der Waals surface area contributed by atoms with E-state index < -0.39 is 5.91 Å². The number of fused-ring (bicyclic) bond motifs is 1. The largest absolute Gasteiger partial charge is 0.492 e. The van der Waals surface area contributed by atoms with E-state index in [1.54, 1.807) is 6.07 Å². The highest BCUT2D eigenvalue weighted by atomic mass is 32.2. The van der Waals surface area contributed by atoms with Gasteiger partial charge in [0, 0.05) is 30.9 Å². The lowest BCUT2D eigenvalue weighted by atomic mass is 9.87. The van der Waals surface area contributed by atoms with Crippen molar-refractivity contribution in [2.24, 2.45) is 5.92 Å². The monoisotopic (exact) mass is 468 g/mol. The number of anilines is 1. The summed E-state index contributed by atoms with van der Waals surface area (Å²) in [7, 11) is 0. The first kappa shape index (κ1) is 22.1. The number of hydrogen-bond donors (Lipinski definition) is 1. The molecule has 2 fully saturated rings. The molecule has 1 aliphatic carbocycles. The highest BCUT2D eigenvalue weighted by molar-refractivity contribution is 7.98.